The molecule has 3 aliphatic rings. The third kappa shape index (κ3) is 22.7. The number of aliphatic carboxylic acids is 1. The van der Waals surface area contributed by atoms with E-state index in [0.29, 0.717) is 53.8 Å². The Balaban J connectivity index is 0.000000369. The fourth-order valence-electron chi connectivity index (χ4n) is 7.73. The number of para-hydroxylation sites is 1. The van der Waals surface area contributed by atoms with Crippen molar-refractivity contribution in [1.82, 2.24) is 10.2 Å². The van der Waals surface area contributed by atoms with Gasteiger partial charge in [-0.1, -0.05) is 86.6 Å². The van der Waals surface area contributed by atoms with Crippen molar-refractivity contribution in [2.45, 2.75) is 109 Å². The van der Waals surface area contributed by atoms with Crippen molar-refractivity contribution in [3.8, 4) is 5.75 Å². The number of carboxylic acids is 1. The fourth-order valence-corrected chi connectivity index (χ4v) is 8.71. The molecule has 2 aromatic carbocycles. The minimum absolute atomic E-state index is 0.000883. The number of alkyl halides is 3. The highest BCUT2D eigenvalue weighted by atomic mass is 35.5. The van der Waals surface area contributed by atoms with Crippen LogP contribution in [0.25, 0.3) is 0 Å². The molecule has 0 radical (unpaired) electrons. The first-order valence-corrected chi connectivity index (χ1v) is 30.8. The number of carboxylic acid groups (broad SMARTS) is 1. The van der Waals surface area contributed by atoms with Gasteiger partial charge >= 0.3 is 11.9 Å². The van der Waals surface area contributed by atoms with Gasteiger partial charge in [0.1, 0.15) is 49.4 Å². The molecule has 0 spiro atoms. The van der Waals surface area contributed by atoms with Gasteiger partial charge in [0.15, 0.2) is 11.4 Å². The van der Waals surface area contributed by atoms with E-state index in [0.717, 1.165) is 72.7 Å². The van der Waals surface area contributed by atoms with Gasteiger partial charge in [-0.25, -0.2) is 14.1 Å². The molecule has 1 aliphatic carbocycles. The molecule has 78 heavy (non-hydrogen) atoms. The molecule has 1 saturated heterocycles. The quantitative estimate of drug-likeness (QED) is 0.0182. The minimum atomic E-state index is -4.35. The van der Waals surface area contributed by atoms with Crippen LogP contribution < -0.4 is 24.7 Å². The Morgan fingerprint density at radius 1 is 1.00 bits per heavy atom. The van der Waals surface area contributed by atoms with Gasteiger partial charge in [0.2, 0.25) is 5.91 Å². The second kappa shape index (κ2) is 34.8. The number of esters is 1. The lowest BCUT2D eigenvalue weighted by Crippen LogP contribution is -2.45. The first-order valence-electron chi connectivity index (χ1n) is 24.8. The Morgan fingerprint density at radius 3 is 2.06 bits per heavy atom. The van der Waals surface area contributed by atoms with Gasteiger partial charge in [0.25, 0.3) is 17.7 Å². The highest BCUT2D eigenvalue weighted by Crippen LogP contribution is 2.40. The monoisotopic (exact) mass is 1210 g/mol. The zero-order chi connectivity index (χ0) is 58.9. The van der Waals surface area contributed by atoms with Crippen LogP contribution in [-0.4, -0.2) is 132 Å². The molecule has 2 aliphatic heterocycles. The number of aryl methyl sites for hydroxylation is 2. The smallest absolute Gasteiger partial charge is 0.344 e. The maximum atomic E-state index is 14.5. The van der Waals surface area contributed by atoms with Crippen LogP contribution in [0.2, 0.25) is 5.02 Å². The first kappa shape index (κ1) is 69.9. The van der Waals surface area contributed by atoms with E-state index >= 15 is 0 Å². The van der Waals surface area contributed by atoms with Crippen molar-refractivity contribution in [2.75, 3.05) is 80.9 Å². The molecule has 1 fully saturated rings. The second-order valence-corrected chi connectivity index (χ2v) is 24.0. The van der Waals surface area contributed by atoms with Crippen molar-refractivity contribution in [3.05, 3.63) is 87.6 Å². The van der Waals surface area contributed by atoms with E-state index in [-0.39, 0.29) is 47.0 Å². The Labute approximate surface area is 478 Å². The number of anilines is 2. The maximum absolute atomic E-state index is 14.5. The number of furan rings is 1. The zero-order valence-corrected chi connectivity index (χ0v) is 50.1. The Bertz CT molecular complexity index is 2480. The predicted octanol–water partition coefficient (Wildman–Crippen LogP) is 8.70. The van der Waals surface area contributed by atoms with E-state index in [1.807, 2.05) is 36.5 Å². The molecule has 3 aromatic rings. The summed E-state index contributed by atoms with van der Waals surface area (Å²) in [5.41, 5.74) is 3.17. The third-order valence-corrected chi connectivity index (χ3v) is 12.7. The Kier molecular flexibility index (Phi) is 31.2. The van der Waals surface area contributed by atoms with E-state index in [1.54, 1.807) is 38.2 Å². The molecule has 4 amide bonds. The van der Waals surface area contributed by atoms with E-state index < -0.39 is 67.2 Å². The number of hydrogen-bond acceptors (Lipinski definition) is 14. The summed E-state index contributed by atoms with van der Waals surface area (Å²) in [7, 11) is -2.13. The van der Waals surface area contributed by atoms with Crippen LogP contribution in [0, 0.1) is 5.82 Å². The summed E-state index contributed by atoms with van der Waals surface area (Å²) in [4.78, 5) is 91.6. The van der Waals surface area contributed by atoms with E-state index in [4.69, 9.17) is 79.8 Å². The van der Waals surface area contributed by atoms with Crippen LogP contribution in [-0.2, 0) is 71.3 Å². The van der Waals surface area contributed by atoms with Gasteiger partial charge in [-0.15, -0.1) is 11.6 Å². The van der Waals surface area contributed by atoms with Crippen LogP contribution >= 0.6 is 54.0 Å². The molecule has 0 bridgehead atoms. The van der Waals surface area contributed by atoms with Gasteiger partial charge in [-0.3, -0.25) is 34.2 Å². The molecule has 26 heteroatoms. The average Bonchev–Trinajstić information content (AvgIpc) is 4.16. The second-order valence-electron chi connectivity index (χ2n) is 18.2. The van der Waals surface area contributed by atoms with E-state index in [2.05, 4.69) is 32.6 Å². The summed E-state index contributed by atoms with van der Waals surface area (Å²) in [6.07, 6.45) is 14.3. The molecular weight excluding hydrogens is 1140 g/mol. The molecule has 19 nitrogen and oxygen atoms in total. The lowest BCUT2D eigenvalue weighted by Gasteiger charge is -2.29. The summed E-state index contributed by atoms with van der Waals surface area (Å²) in [6, 6.07) is 11.8. The third-order valence-electron chi connectivity index (χ3n) is 11.2. The number of imide groups is 1. The van der Waals surface area contributed by atoms with Crippen molar-refractivity contribution < 1.29 is 76.0 Å². The number of halogens is 5. The number of nitrogens with one attached hydrogen (secondary N) is 1. The highest BCUT2D eigenvalue weighted by molar-refractivity contribution is 7.94. The molecule has 0 saturated carbocycles. The van der Waals surface area contributed by atoms with Crippen molar-refractivity contribution in [3.63, 3.8) is 0 Å². The van der Waals surface area contributed by atoms with Crippen LogP contribution in [0.3, 0.4) is 0 Å². The number of unbranched alkanes of at least 4 members (excludes halogenated alkanes) is 2. The lowest BCUT2D eigenvalue weighted by atomic mass is 9.93. The average molecular weight is 1220 g/mol. The number of rotatable bonds is 20. The van der Waals surface area contributed by atoms with Crippen molar-refractivity contribution in [2.24, 2.45) is 0 Å². The van der Waals surface area contributed by atoms with Gasteiger partial charge in [0.05, 0.1) is 67.4 Å². The molecule has 436 valence electrons. The van der Waals surface area contributed by atoms with Crippen LogP contribution in [0.15, 0.2) is 64.3 Å². The molecule has 3 N–H and O–H groups in total. The van der Waals surface area contributed by atoms with Crippen LogP contribution in [0.1, 0.15) is 103 Å². The van der Waals surface area contributed by atoms with E-state index in [1.165, 1.54) is 11.0 Å². The minimum Gasteiger partial charge on any atom is -0.778 e. The SMILES string of the molecule is CC1(C)OC(c2ccco2)CN1C(=O)C(Cl)Cl.CCCCCOC(=O)COc1cc(N2C(=O)C3=C(CCCC3)C2=O)c(F)cc1Cl.CCc1cccc(CC)c1N(COC)C(=O)CCl.C[S+](C)C.O=C(O)CNCP(=O)([O-])O. The largest absolute Gasteiger partial charge is 0.778 e. The van der Waals surface area contributed by atoms with E-state index in [9.17, 15) is 42.6 Å². The number of hydrogen-bond donors (Lipinski definition) is 3. The van der Waals surface area contributed by atoms with Gasteiger partial charge < -0.3 is 47.7 Å². The first-order chi connectivity index (χ1) is 36.7. The summed E-state index contributed by atoms with van der Waals surface area (Å²) in [5, 5.41) is 9.91. The summed E-state index contributed by atoms with van der Waals surface area (Å²) < 4.78 is 51.1. The van der Waals surface area contributed by atoms with Gasteiger partial charge in [-0.05, 0) is 99.0 Å². The molecule has 3 heterocycles. The number of ether oxygens (including phenoxy) is 4. The van der Waals surface area contributed by atoms with Crippen LogP contribution in [0.5, 0.6) is 5.75 Å². The number of benzene rings is 2. The maximum Gasteiger partial charge on any atom is 0.344 e. The van der Waals surface area contributed by atoms with Crippen LogP contribution in [0.4, 0.5) is 15.8 Å². The number of amides is 4. The Morgan fingerprint density at radius 2 is 1.59 bits per heavy atom. The summed E-state index contributed by atoms with van der Waals surface area (Å²) in [6.45, 7) is 9.81. The normalized spacial score (nSPS) is 16.1. The molecule has 2 unspecified atom stereocenters. The molecule has 1 aromatic heterocycles. The standard InChI is InChI=1S/C21H23ClFNO5.C14H20ClNO2.C11H13Cl2NO3.C3H8NO5P.C3H9S/c1-2-3-6-9-28-19(25)12-29-18-11-17(16(23)10-15(18)22)24-20(26)13-7-4-5-8-14(13)21(24)27;1-4-11-7-6-8-12(5-2)14(11)16(10-18-3)13(17)9-15;1-11(2)14(10(15)9(12)13)6-8(17-11)7-4-3-5-16-7;5-3(6)1-4-2-10(7,8)9;1-4(2)3/h10-11H,2-9,12H2,1H3;6-8H,4-5,9-10H2,1-3H3;3-5,8-9H,6H2,1-2H3;4H,1-2H2,(H,5,6)(H2,7,8,9);1-3H3/q;;;;+1/p-1. The highest BCUT2D eigenvalue weighted by Gasteiger charge is 2.45. The summed E-state index contributed by atoms with van der Waals surface area (Å²) in [5.74, 6) is -3.41. The summed E-state index contributed by atoms with van der Waals surface area (Å²) >= 11 is 22.9. The Hall–Kier alpha value is -4.25. The molecule has 2 atom stereocenters. The number of nitrogens with zero attached hydrogens (tertiary/aromatic N) is 3. The van der Waals surface area contributed by atoms with Gasteiger partial charge in [0, 0.05) is 24.3 Å². The molecule has 6 rings (SSSR count). The zero-order valence-electron chi connectivity index (χ0n) is 45.4. The number of carbonyl (C=O) groups excluding carboxylic acids is 5. The number of carbonyl (C=O) groups is 6. The predicted molar refractivity (Wildman–Crippen MR) is 300 cm³/mol. The fraction of sp³-hybridized carbons (Fsp3) is 0.538. The number of methoxy groups -OCH3 is 1. The van der Waals surface area contributed by atoms with Gasteiger partial charge in [-0.2, -0.15) is 0 Å². The van der Waals surface area contributed by atoms with Crippen molar-refractivity contribution in [1.29, 1.82) is 0 Å². The topological polar surface area (TPSA) is 255 Å². The van der Waals surface area contributed by atoms with Crippen molar-refractivity contribution >= 4 is 112 Å². The lowest BCUT2D eigenvalue weighted by molar-refractivity contribution is -0.193. The molecular formula is C52H72Cl4FN4O15PS.